The van der Waals surface area contributed by atoms with Crippen LogP contribution in [-0.4, -0.2) is 19.8 Å². The van der Waals surface area contributed by atoms with Gasteiger partial charge in [0.1, 0.15) is 7.05 Å². The molecule has 0 fully saturated rings. The van der Waals surface area contributed by atoms with E-state index in [0.717, 1.165) is 32.2 Å². The van der Waals surface area contributed by atoms with Gasteiger partial charge in [0, 0.05) is 6.42 Å². The molecule has 0 unspecified atom stereocenters. The topological polar surface area (TPSA) is 47.0 Å². The maximum atomic E-state index is 4.57. The zero-order chi connectivity index (χ0) is 12.7. The molecule has 18 heavy (non-hydrogen) atoms. The molecule has 3 aromatic rings. The lowest BCUT2D eigenvalue weighted by Gasteiger charge is -1.95. The van der Waals surface area contributed by atoms with Crippen molar-refractivity contribution < 1.29 is 4.57 Å². The van der Waals surface area contributed by atoms with E-state index in [9.17, 15) is 0 Å². The lowest BCUT2D eigenvalue weighted by atomic mass is 10.3. The molecule has 3 rings (SSSR count). The van der Waals surface area contributed by atoms with Crippen LogP contribution in [-0.2, 0) is 13.5 Å². The van der Waals surface area contributed by atoms with Crippen LogP contribution in [0.5, 0.6) is 0 Å². The molecule has 3 heterocycles. The Kier molecular flexibility index (Phi) is 2.87. The predicted octanol–water partition coefficient (Wildman–Crippen LogP) is 2.00. The van der Waals surface area contributed by atoms with Gasteiger partial charge in [-0.15, -0.1) is 10.2 Å². The number of pyridine rings is 1. The number of rotatable bonds is 2. The van der Waals surface area contributed by atoms with Crippen LogP contribution in [0.4, 0.5) is 0 Å². The Morgan fingerprint density at radius 2 is 2.22 bits per heavy atom. The van der Waals surface area contributed by atoms with Gasteiger partial charge < -0.3 is 0 Å². The Bertz CT molecular complexity index is 697. The summed E-state index contributed by atoms with van der Waals surface area (Å²) in [6.07, 6.45) is 4.87. The van der Waals surface area contributed by atoms with E-state index < -0.39 is 0 Å². The van der Waals surface area contributed by atoms with E-state index >= 15 is 0 Å². The Balaban J connectivity index is 2.16. The highest BCUT2D eigenvalue weighted by Crippen LogP contribution is 2.26. The van der Waals surface area contributed by atoms with Gasteiger partial charge in [0.2, 0.25) is 4.96 Å². The highest BCUT2D eigenvalue weighted by atomic mass is 79.9. The SMILES string of the molecule is CCc1nnc2sc(-c3cc(Br)c[n+](C)c3)nn12. The predicted molar refractivity (Wildman–Crippen MR) is 72.3 cm³/mol. The van der Waals surface area contributed by atoms with Crippen molar-refractivity contribution in [1.82, 2.24) is 19.8 Å². The molecule has 0 bridgehead atoms. The molecule has 0 aliphatic rings. The molecule has 5 nitrogen and oxygen atoms in total. The van der Waals surface area contributed by atoms with Gasteiger partial charge in [0.15, 0.2) is 23.2 Å². The number of aromatic nitrogens is 5. The number of aryl methyl sites for hydroxylation is 2. The lowest BCUT2D eigenvalue weighted by Crippen LogP contribution is -2.26. The van der Waals surface area contributed by atoms with Crippen molar-refractivity contribution in [3.63, 3.8) is 0 Å². The minimum atomic E-state index is 0.830. The second kappa shape index (κ2) is 4.40. The maximum Gasteiger partial charge on any atom is 0.234 e. The monoisotopic (exact) mass is 324 g/mol. The summed E-state index contributed by atoms with van der Waals surface area (Å²) in [6, 6.07) is 2.05. The number of nitrogens with zero attached hydrogens (tertiary/aromatic N) is 5. The first-order chi connectivity index (χ1) is 8.67. The molecule has 0 aromatic carbocycles. The first-order valence-electron chi connectivity index (χ1n) is 5.54. The molecule has 0 aliphatic heterocycles. The summed E-state index contributed by atoms with van der Waals surface area (Å²) in [4.78, 5) is 0.837. The standard InChI is InChI=1S/C11H11BrN5S/c1-3-9-13-14-11-17(9)15-10(18-11)7-4-8(12)6-16(2)5-7/h4-6H,3H2,1-2H3/q+1. The van der Waals surface area contributed by atoms with Gasteiger partial charge in [0.05, 0.1) is 10.0 Å². The third kappa shape index (κ3) is 1.93. The summed E-state index contributed by atoms with van der Waals surface area (Å²) >= 11 is 5.04. The molecule has 0 amide bonds. The molecule has 7 heteroatoms. The molecule has 0 atom stereocenters. The quantitative estimate of drug-likeness (QED) is 0.677. The largest absolute Gasteiger partial charge is 0.234 e. The molecule has 0 saturated heterocycles. The van der Waals surface area contributed by atoms with Gasteiger partial charge in [-0.05, 0) is 22.0 Å². The molecule has 0 spiro atoms. The van der Waals surface area contributed by atoms with Crippen LogP contribution < -0.4 is 4.57 Å². The van der Waals surface area contributed by atoms with Crippen LogP contribution in [0.25, 0.3) is 15.5 Å². The van der Waals surface area contributed by atoms with Crippen molar-refractivity contribution in [2.45, 2.75) is 13.3 Å². The van der Waals surface area contributed by atoms with Crippen molar-refractivity contribution in [1.29, 1.82) is 0 Å². The van der Waals surface area contributed by atoms with Crippen LogP contribution >= 0.6 is 27.3 Å². The van der Waals surface area contributed by atoms with Crippen molar-refractivity contribution in [2.75, 3.05) is 0 Å². The molecule has 92 valence electrons. The summed E-state index contributed by atoms with van der Waals surface area (Å²) in [5.74, 6) is 0.895. The molecule has 0 aliphatic carbocycles. The van der Waals surface area contributed by atoms with Crippen molar-refractivity contribution >= 4 is 32.2 Å². The molecular formula is C11H11BrN5S+. The van der Waals surface area contributed by atoms with Gasteiger partial charge in [-0.2, -0.15) is 9.61 Å². The smallest absolute Gasteiger partial charge is 0.206 e. The Hall–Kier alpha value is -1.34. The summed E-state index contributed by atoms with van der Waals surface area (Å²) in [6.45, 7) is 2.05. The minimum Gasteiger partial charge on any atom is -0.206 e. The van der Waals surface area contributed by atoms with Crippen molar-refractivity contribution in [3.8, 4) is 10.6 Å². The minimum absolute atomic E-state index is 0.830. The average molecular weight is 325 g/mol. The Morgan fingerprint density at radius 1 is 1.39 bits per heavy atom. The van der Waals surface area contributed by atoms with E-state index in [1.165, 1.54) is 0 Å². The molecule has 0 radical (unpaired) electrons. The first-order valence-corrected chi connectivity index (χ1v) is 7.15. The Morgan fingerprint density at radius 3 is 2.94 bits per heavy atom. The zero-order valence-corrected chi connectivity index (χ0v) is 12.4. The fraction of sp³-hybridized carbons (Fsp3) is 0.273. The lowest BCUT2D eigenvalue weighted by molar-refractivity contribution is -0.671. The fourth-order valence-corrected chi connectivity index (χ4v) is 3.19. The van der Waals surface area contributed by atoms with E-state index in [1.54, 1.807) is 11.3 Å². The number of fused-ring (bicyclic) bond motifs is 1. The average Bonchev–Trinajstić information content (AvgIpc) is 2.86. The Labute approximate surface area is 116 Å². The second-order valence-electron chi connectivity index (χ2n) is 3.98. The number of hydrogen-bond acceptors (Lipinski definition) is 4. The number of hydrogen-bond donors (Lipinski definition) is 0. The molecular weight excluding hydrogens is 314 g/mol. The molecule has 0 N–H and O–H groups in total. The highest BCUT2D eigenvalue weighted by Gasteiger charge is 2.14. The third-order valence-electron chi connectivity index (χ3n) is 2.58. The summed E-state index contributed by atoms with van der Waals surface area (Å²) in [7, 11) is 1.99. The van der Waals surface area contributed by atoms with Gasteiger partial charge in [-0.1, -0.05) is 18.3 Å². The first kappa shape index (κ1) is 11.7. The van der Waals surface area contributed by atoms with Crippen LogP contribution in [0.3, 0.4) is 0 Å². The van der Waals surface area contributed by atoms with Gasteiger partial charge in [-0.3, -0.25) is 0 Å². The van der Waals surface area contributed by atoms with Crippen LogP contribution in [0.15, 0.2) is 22.9 Å². The van der Waals surface area contributed by atoms with Crippen LogP contribution in [0, 0.1) is 0 Å². The summed E-state index contributed by atoms with van der Waals surface area (Å²) < 4.78 is 4.85. The van der Waals surface area contributed by atoms with E-state index in [0.29, 0.717) is 0 Å². The maximum absolute atomic E-state index is 4.57. The van der Waals surface area contributed by atoms with E-state index in [-0.39, 0.29) is 0 Å². The van der Waals surface area contributed by atoms with Crippen molar-refractivity contribution in [3.05, 3.63) is 28.8 Å². The van der Waals surface area contributed by atoms with Gasteiger partial charge in [0.25, 0.3) is 0 Å². The fourth-order valence-electron chi connectivity index (χ4n) is 1.79. The van der Waals surface area contributed by atoms with Gasteiger partial charge >= 0.3 is 0 Å². The summed E-state index contributed by atoms with van der Waals surface area (Å²) in [5, 5.41) is 13.7. The third-order valence-corrected chi connectivity index (χ3v) is 3.96. The zero-order valence-electron chi connectivity index (χ0n) is 9.96. The van der Waals surface area contributed by atoms with Crippen LogP contribution in [0.1, 0.15) is 12.7 Å². The van der Waals surface area contributed by atoms with E-state index in [4.69, 9.17) is 0 Å². The number of halogens is 1. The van der Waals surface area contributed by atoms with E-state index in [2.05, 4.69) is 44.2 Å². The van der Waals surface area contributed by atoms with Crippen molar-refractivity contribution in [2.24, 2.45) is 7.05 Å². The van der Waals surface area contributed by atoms with Gasteiger partial charge in [-0.25, -0.2) is 4.57 Å². The molecule has 3 aromatic heterocycles. The van der Waals surface area contributed by atoms with E-state index in [1.807, 2.05) is 28.5 Å². The highest BCUT2D eigenvalue weighted by molar-refractivity contribution is 9.10. The normalized spacial score (nSPS) is 11.3. The second-order valence-corrected chi connectivity index (χ2v) is 5.85. The summed E-state index contributed by atoms with van der Waals surface area (Å²) in [5.41, 5.74) is 1.07. The molecule has 0 saturated carbocycles. The van der Waals surface area contributed by atoms with Crippen LogP contribution in [0.2, 0.25) is 0 Å².